The molecule has 0 amide bonds. The van der Waals surface area contributed by atoms with E-state index in [0.717, 1.165) is 55.0 Å². The lowest BCUT2D eigenvalue weighted by molar-refractivity contribution is -0.156. The van der Waals surface area contributed by atoms with Gasteiger partial charge in [0.25, 0.3) is 0 Å². The van der Waals surface area contributed by atoms with Crippen molar-refractivity contribution in [2.45, 2.75) is 318 Å². The number of methoxy groups -OCH3 is 1. The Bertz CT molecular complexity index is 905. The highest BCUT2D eigenvalue weighted by Crippen LogP contribution is 2.23. The van der Waals surface area contributed by atoms with Gasteiger partial charge in [0.15, 0.2) is 0 Å². The number of carbonyl (C=O) groups is 1. The van der Waals surface area contributed by atoms with Crippen LogP contribution in [0.15, 0.2) is 0 Å². The maximum atomic E-state index is 12.0. The van der Waals surface area contributed by atoms with Crippen LogP contribution in [0.4, 0.5) is 13.2 Å². The van der Waals surface area contributed by atoms with E-state index in [1.54, 1.807) is 27.9 Å². The number of esters is 1. The van der Waals surface area contributed by atoms with Gasteiger partial charge in [-0.15, -0.1) is 0 Å². The Kier molecular flexibility index (Phi) is 83.0. The number of nitrogens with zero attached hydrogens (tertiary/aromatic N) is 1. The van der Waals surface area contributed by atoms with Crippen molar-refractivity contribution < 1.29 is 27.4 Å². The molecule has 0 aromatic carbocycles. The Labute approximate surface area is 465 Å². The molecule has 0 rings (SSSR count). The third-order valence-electron chi connectivity index (χ3n) is 9.74. The highest BCUT2D eigenvalue weighted by Gasteiger charge is 2.22. The van der Waals surface area contributed by atoms with Crippen LogP contribution in [0.1, 0.15) is 301 Å². The van der Waals surface area contributed by atoms with Gasteiger partial charge in [-0.05, 0) is 145 Å². The molecule has 4 nitrogen and oxygen atoms in total. The van der Waals surface area contributed by atoms with Crippen LogP contribution in [0.3, 0.4) is 0 Å². The van der Waals surface area contributed by atoms with Crippen molar-refractivity contribution in [3.05, 3.63) is 0 Å². The van der Waals surface area contributed by atoms with E-state index < -0.39 is 12.1 Å². The van der Waals surface area contributed by atoms with Crippen LogP contribution < -0.4 is 0 Å². The summed E-state index contributed by atoms with van der Waals surface area (Å²) in [7, 11) is 5.92. The van der Waals surface area contributed by atoms with Gasteiger partial charge >= 0.3 is 5.97 Å². The molecule has 0 bridgehead atoms. The molecule has 458 valence electrons. The van der Waals surface area contributed by atoms with E-state index in [1.807, 2.05) is 34.6 Å². The molecule has 73 heavy (non-hydrogen) atoms. The van der Waals surface area contributed by atoms with Crippen LogP contribution in [0.25, 0.3) is 0 Å². The summed E-state index contributed by atoms with van der Waals surface area (Å²) in [6.45, 7) is 73.4. The van der Waals surface area contributed by atoms with Crippen molar-refractivity contribution in [2.75, 3.05) is 34.4 Å². The summed E-state index contributed by atoms with van der Waals surface area (Å²) in [6, 6.07) is 0. The number of carbonyl (C=O) groups excluding carboxylic acids is 1. The van der Waals surface area contributed by atoms with E-state index in [1.165, 1.54) is 45.1 Å². The van der Waals surface area contributed by atoms with E-state index >= 15 is 0 Å². The fourth-order valence-corrected chi connectivity index (χ4v) is 5.69. The predicted molar refractivity (Wildman–Crippen MR) is 335 cm³/mol. The number of alkyl halides is 3. The average Bonchev–Trinajstić information content (AvgIpc) is 3.09. The van der Waals surface area contributed by atoms with Crippen molar-refractivity contribution >= 4 is 5.97 Å². The lowest BCUT2D eigenvalue weighted by atomic mass is 9.86. The minimum absolute atomic E-state index is 0. The van der Waals surface area contributed by atoms with Crippen molar-refractivity contribution in [1.82, 2.24) is 4.90 Å². The molecule has 2 unspecified atom stereocenters. The van der Waals surface area contributed by atoms with Gasteiger partial charge in [0.1, 0.15) is 5.60 Å². The molecule has 2 atom stereocenters. The van der Waals surface area contributed by atoms with E-state index in [-0.39, 0.29) is 31.3 Å². The largest absolute Gasteiger partial charge is 0.460 e. The molecule has 0 aromatic rings. The smallest absolute Gasteiger partial charge is 0.306 e. The van der Waals surface area contributed by atoms with Gasteiger partial charge in [-0.3, -0.25) is 4.79 Å². The summed E-state index contributed by atoms with van der Waals surface area (Å²) in [6.07, 6.45) is 8.63. The minimum Gasteiger partial charge on any atom is -0.460 e. The molecule has 0 saturated carbocycles. The van der Waals surface area contributed by atoms with Gasteiger partial charge in [0.05, 0.1) is 6.17 Å². The second-order valence-corrected chi connectivity index (χ2v) is 27.4. The summed E-state index contributed by atoms with van der Waals surface area (Å²) in [5.41, 5.74) is 0.169. The SMILES string of the molecule is C.CC(C)C(C)C.CC(C)C(C)CC(=O)OC(C)(C)C.CC(C)CC(C)(C)C.CC(C)CC(C)(F)F.CC(C)CC(C)F.CC(C)CN(C)C.CCC(C)C.CCCC(C)C.CCCC(C)C.COCC(C)C. The first-order valence-corrected chi connectivity index (χ1v) is 29.4. The van der Waals surface area contributed by atoms with Crippen LogP contribution in [-0.2, 0) is 14.3 Å². The molecule has 0 aliphatic heterocycles. The Morgan fingerprint density at radius 3 is 0.904 bits per heavy atom. The van der Waals surface area contributed by atoms with E-state index in [9.17, 15) is 18.0 Å². The van der Waals surface area contributed by atoms with Gasteiger partial charge in [-0.25, -0.2) is 13.2 Å². The van der Waals surface area contributed by atoms with Gasteiger partial charge < -0.3 is 14.4 Å². The summed E-state index contributed by atoms with van der Waals surface area (Å²) < 4.78 is 45.9. The third-order valence-corrected chi connectivity index (χ3v) is 9.74. The highest BCUT2D eigenvalue weighted by atomic mass is 19.3. The van der Waals surface area contributed by atoms with E-state index in [4.69, 9.17) is 9.47 Å². The first-order chi connectivity index (χ1) is 32.0. The second kappa shape index (κ2) is 62.0. The summed E-state index contributed by atoms with van der Waals surface area (Å²) in [4.78, 5) is 13.6. The van der Waals surface area contributed by atoms with Crippen LogP contribution in [0.5, 0.6) is 0 Å². The lowest BCUT2D eigenvalue weighted by Gasteiger charge is -2.22. The minimum atomic E-state index is -2.48. The highest BCUT2D eigenvalue weighted by molar-refractivity contribution is 5.70. The quantitative estimate of drug-likeness (QED) is 0.128. The molecular weight excluding hydrogens is 912 g/mol. The van der Waals surface area contributed by atoms with Gasteiger partial charge in [0.2, 0.25) is 5.92 Å². The van der Waals surface area contributed by atoms with Crippen molar-refractivity contribution in [1.29, 1.82) is 0 Å². The van der Waals surface area contributed by atoms with Crippen LogP contribution in [0.2, 0.25) is 0 Å². The molecule has 0 fully saturated rings. The summed E-state index contributed by atoms with van der Waals surface area (Å²) >= 11 is 0. The molecule has 0 spiro atoms. The molecule has 0 N–H and O–H groups in total. The number of hydrogen-bond acceptors (Lipinski definition) is 4. The lowest BCUT2D eigenvalue weighted by Crippen LogP contribution is -2.25. The van der Waals surface area contributed by atoms with Crippen molar-refractivity contribution in [3.8, 4) is 0 Å². The normalized spacial score (nSPS) is 11.9. The molecule has 0 aliphatic carbocycles. The topological polar surface area (TPSA) is 38.8 Å². The van der Waals surface area contributed by atoms with Crippen molar-refractivity contribution in [2.24, 2.45) is 76.4 Å². The summed E-state index contributed by atoms with van der Waals surface area (Å²) in [5.74, 6) is 5.66. The Hall–Kier alpha value is -0.820. The summed E-state index contributed by atoms with van der Waals surface area (Å²) in [5, 5.41) is 0. The predicted octanol–water partition coefficient (Wildman–Crippen LogP) is 23.5. The fraction of sp³-hybridized carbons (Fsp3) is 0.985. The molecule has 0 aromatic heterocycles. The average molecular weight is 1060 g/mol. The van der Waals surface area contributed by atoms with E-state index in [0.29, 0.717) is 41.9 Å². The zero-order chi connectivity index (χ0) is 60.4. The Morgan fingerprint density at radius 2 is 0.849 bits per heavy atom. The number of halogens is 3. The Balaban J connectivity index is -0.0000000658. The van der Waals surface area contributed by atoms with Gasteiger partial charge in [-0.2, -0.15) is 0 Å². The maximum absolute atomic E-state index is 12.0. The third kappa shape index (κ3) is 167. The van der Waals surface area contributed by atoms with Crippen LogP contribution in [0, 0.1) is 76.4 Å². The number of ether oxygens (including phenoxy) is 2. The van der Waals surface area contributed by atoms with Crippen molar-refractivity contribution in [3.63, 3.8) is 0 Å². The molecule has 7 heteroatoms. The van der Waals surface area contributed by atoms with Gasteiger partial charge in [-0.1, -0.05) is 240 Å². The van der Waals surface area contributed by atoms with E-state index in [2.05, 4.69) is 192 Å². The molecule has 0 heterocycles. The number of hydrogen-bond donors (Lipinski definition) is 0. The zero-order valence-corrected chi connectivity index (χ0v) is 57.1. The zero-order valence-electron chi connectivity index (χ0n) is 57.1. The van der Waals surface area contributed by atoms with Crippen LogP contribution in [-0.4, -0.2) is 62.9 Å². The standard InChI is InChI=1S/C11H22O2.C8H18.C6H12F2.C6H13F.C6H15N.3C6H14.C5H12O.C5H12.CH4/c1-8(2)9(3)7-10(12)13-11(4,5)6;1-7(2)6-8(3,4)5;1-5(2)4-6(3,7)8;1-5(2)4-6(3)7;1-6(2)5-7(3)4;1-5(2)6(3)4;2*1-4-5-6(2)3;1-5(2)4-6-3;1-4-5(2)3;/h8-9H,7H2,1-6H3;7H,6H2,1-5H3;5H,4H2,1-3H3;5-6H,4H2,1-3H3;6H,5H2,1-4H3;5-6H,1-4H3;2*6H,4-5H2,1-3H3;5H,4H2,1-3H3;5H,4H2,1-3H3;1H4. The first kappa shape index (κ1) is 97.7. The Morgan fingerprint density at radius 1 is 0.507 bits per heavy atom. The molecule has 0 radical (unpaired) electrons. The monoisotopic (exact) mass is 1060 g/mol. The fourth-order valence-electron chi connectivity index (χ4n) is 5.69. The van der Waals surface area contributed by atoms with Crippen LogP contribution >= 0.6 is 0 Å². The molecular formula is C66H150F3NO3. The molecule has 0 aliphatic rings. The first-order valence-electron chi connectivity index (χ1n) is 29.4. The maximum Gasteiger partial charge on any atom is 0.306 e. The van der Waals surface area contributed by atoms with Gasteiger partial charge in [0, 0.05) is 26.6 Å². The second-order valence-electron chi connectivity index (χ2n) is 27.4. The number of rotatable bonds is 18. The molecule has 0 saturated heterocycles.